The van der Waals surface area contributed by atoms with E-state index in [0.717, 1.165) is 32.4 Å². The highest BCUT2D eigenvalue weighted by atomic mass is 16.2. The zero-order valence-electron chi connectivity index (χ0n) is 11.8. The van der Waals surface area contributed by atoms with Crippen molar-refractivity contribution in [2.45, 2.75) is 57.0 Å². The number of H-pyrrole nitrogens is 1. The van der Waals surface area contributed by atoms with Crippen molar-refractivity contribution in [2.24, 2.45) is 0 Å². The Morgan fingerprint density at radius 3 is 2.95 bits per heavy atom. The maximum Gasteiger partial charge on any atom is 0.274 e. The molecule has 3 aliphatic rings. The molecule has 20 heavy (non-hydrogen) atoms. The van der Waals surface area contributed by atoms with Gasteiger partial charge in [-0.2, -0.15) is 5.10 Å². The molecule has 2 fully saturated rings. The first-order chi connectivity index (χ1) is 9.81. The first-order valence-electron chi connectivity index (χ1n) is 7.92. The van der Waals surface area contributed by atoms with Crippen LogP contribution in [0, 0.1) is 0 Å². The molecule has 0 aromatic carbocycles. The molecule has 2 bridgehead atoms. The lowest BCUT2D eigenvalue weighted by Gasteiger charge is -2.24. The van der Waals surface area contributed by atoms with Gasteiger partial charge in [0.2, 0.25) is 0 Å². The predicted molar refractivity (Wildman–Crippen MR) is 75.7 cm³/mol. The van der Waals surface area contributed by atoms with Crippen molar-refractivity contribution in [3.05, 3.63) is 17.0 Å². The number of amides is 1. The fourth-order valence-electron chi connectivity index (χ4n) is 3.94. The summed E-state index contributed by atoms with van der Waals surface area (Å²) in [5.74, 6) is 0.138. The summed E-state index contributed by atoms with van der Waals surface area (Å²) in [6.45, 7) is 1.71. The summed E-state index contributed by atoms with van der Waals surface area (Å²) in [5, 5.41) is 11.0. The van der Waals surface area contributed by atoms with Crippen molar-refractivity contribution < 1.29 is 4.79 Å². The van der Waals surface area contributed by atoms with Crippen molar-refractivity contribution in [2.75, 3.05) is 13.1 Å². The van der Waals surface area contributed by atoms with E-state index in [4.69, 9.17) is 0 Å². The number of carbonyl (C=O) groups is 1. The van der Waals surface area contributed by atoms with E-state index in [0.29, 0.717) is 17.8 Å². The van der Waals surface area contributed by atoms with Crippen LogP contribution in [0.4, 0.5) is 0 Å². The number of fused-ring (bicyclic) bond motifs is 3. The number of aryl methyl sites for hydroxylation is 1. The lowest BCUT2D eigenvalue weighted by molar-refractivity contribution is 0.0741. The van der Waals surface area contributed by atoms with Gasteiger partial charge in [0.15, 0.2) is 5.69 Å². The monoisotopic (exact) mass is 274 g/mol. The predicted octanol–water partition coefficient (Wildman–Crippen LogP) is 1.25. The Balaban J connectivity index is 1.56. The molecule has 0 radical (unpaired) electrons. The number of likely N-dealkylation sites (tertiary alicyclic amines) is 1. The van der Waals surface area contributed by atoms with E-state index < -0.39 is 0 Å². The maximum absolute atomic E-state index is 12.8. The third-order valence-corrected chi connectivity index (χ3v) is 5.07. The van der Waals surface area contributed by atoms with Crippen molar-refractivity contribution in [3.63, 3.8) is 0 Å². The van der Waals surface area contributed by atoms with Crippen LogP contribution in [0.2, 0.25) is 0 Å². The molecular weight excluding hydrogens is 252 g/mol. The lowest BCUT2D eigenvalue weighted by atomic mass is 9.95. The van der Waals surface area contributed by atoms with Crippen LogP contribution in [0.5, 0.6) is 0 Å². The van der Waals surface area contributed by atoms with Gasteiger partial charge in [-0.05, 0) is 44.9 Å². The average Bonchev–Trinajstić information content (AvgIpc) is 3.01. The van der Waals surface area contributed by atoms with Gasteiger partial charge < -0.3 is 10.2 Å². The smallest absolute Gasteiger partial charge is 0.274 e. The van der Waals surface area contributed by atoms with E-state index in [1.807, 2.05) is 4.90 Å². The first-order valence-corrected chi connectivity index (χ1v) is 7.92. The molecule has 1 amide bonds. The fourth-order valence-corrected chi connectivity index (χ4v) is 3.94. The lowest BCUT2D eigenvalue weighted by Crippen LogP contribution is -2.39. The summed E-state index contributed by atoms with van der Waals surface area (Å²) in [4.78, 5) is 14.8. The van der Waals surface area contributed by atoms with Gasteiger partial charge in [-0.15, -0.1) is 0 Å². The minimum atomic E-state index is 0.138. The summed E-state index contributed by atoms with van der Waals surface area (Å²) < 4.78 is 0. The van der Waals surface area contributed by atoms with Crippen molar-refractivity contribution in [1.29, 1.82) is 0 Å². The second-order valence-electron chi connectivity index (χ2n) is 6.41. The van der Waals surface area contributed by atoms with Gasteiger partial charge in [-0.25, -0.2) is 0 Å². The molecule has 2 saturated heterocycles. The molecule has 2 N–H and O–H groups in total. The SMILES string of the molecule is O=C(c1n[nH]c2c1CCCC2)N1CC[C@H]2CC[C@@H](C1)N2. The van der Waals surface area contributed by atoms with E-state index in [1.54, 1.807) is 0 Å². The number of nitrogens with one attached hydrogen (secondary N) is 2. The number of rotatable bonds is 1. The van der Waals surface area contributed by atoms with Crippen molar-refractivity contribution in [1.82, 2.24) is 20.4 Å². The zero-order chi connectivity index (χ0) is 13.5. The Morgan fingerprint density at radius 2 is 2.00 bits per heavy atom. The van der Waals surface area contributed by atoms with Crippen LogP contribution in [0.15, 0.2) is 0 Å². The number of hydrogen-bond acceptors (Lipinski definition) is 3. The van der Waals surface area contributed by atoms with Crippen LogP contribution >= 0.6 is 0 Å². The number of nitrogens with zero attached hydrogens (tertiary/aromatic N) is 2. The van der Waals surface area contributed by atoms with Gasteiger partial charge in [-0.3, -0.25) is 9.89 Å². The van der Waals surface area contributed by atoms with E-state index in [-0.39, 0.29) is 5.91 Å². The number of hydrogen-bond donors (Lipinski definition) is 2. The second-order valence-corrected chi connectivity index (χ2v) is 6.41. The van der Waals surface area contributed by atoms with Crippen LogP contribution in [0.3, 0.4) is 0 Å². The largest absolute Gasteiger partial charge is 0.336 e. The van der Waals surface area contributed by atoms with Crippen molar-refractivity contribution in [3.8, 4) is 0 Å². The molecule has 0 unspecified atom stereocenters. The van der Waals surface area contributed by atoms with Gasteiger partial charge in [0.1, 0.15) is 0 Å². The molecule has 0 spiro atoms. The van der Waals surface area contributed by atoms with Crippen molar-refractivity contribution >= 4 is 5.91 Å². The average molecular weight is 274 g/mol. The highest BCUT2D eigenvalue weighted by molar-refractivity contribution is 5.94. The highest BCUT2D eigenvalue weighted by Gasteiger charge is 2.33. The van der Waals surface area contributed by atoms with Gasteiger partial charge >= 0.3 is 0 Å². The Kier molecular flexibility index (Phi) is 3.02. The van der Waals surface area contributed by atoms with Crippen LogP contribution in [-0.4, -0.2) is 46.2 Å². The quantitative estimate of drug-likeness (QED) is 0.810. The van der Waals surface area contributed by atoms with Crippen LogP contribution in [-0.2, 0) is 12.8 Å². The normalized spacial score (nSPS) is 29.1. The molecule has 0 saturated carbocycles. The molecule has 1 aliphatic carbocycles. The summed E-state index contributed by atoms with van der Waals surface area (Å²) >= 11 is 0. The molecule has 5 heteroatoms. The van der Waals surface area contributed by atoms with E-state index in [1.165, 1.54) is 36.9 Å². The molecule has 2 atom stereocenters. The van der Waals surface area contributed by atoms with Crippen LogP contribution in [0.25, 0.3) is 0 Å². The molecule has 4 rings (SSSR count). The third kappa shape index (κ3) is 2.04. The standard InChI is InChI=1S/C15H22N4O/c20-15(14-12-3-1-2-4-13(12)17-18-14)19-8-7-10-5-6-11(9-19)16-10/h10-11,16H,1-9H2,(H,17,18)/t10-,11+/m1/s1. The molecule has 108 valence electrons. The second kappa shape index (κ2) is 4.88. The summed E-state index contributed by atoms with van der Waals surface area (Å²) in [6, 6.07) is 1.10. The van der Waals surface area contributed by atoms with Crippen LogP contribution in [0.1, 0.15) is 53.8 Å². The van der Waals surface area contributed by atoms with Gasteiger partial charge in [0, 0.05) is 36.4 Å². The molecule has 1 aromatic heterocycles. The molecule has 3 heterocycles. The summed E-state index contributed by atoms with van der Waals surface area (Å²) in [7, 11) is 0. The van der Waals surface area contributed by atoms with Gasteiger partial charge in [0.25, 0.3) is 5.91 Å². The molecule has 2 aliphatic heterocycles. The van der Waals surface area contributed by atoms with E-state index in [9.17, 15) is 4.79 Å². The van der Waals surface area contributed by atoms with Gasteiger partial charge in [-0.1, -0.05) is 0 Å². The molecule has 5 nitrogen and oxygen atoms in total. The Morgan fingerprint density at radius 1 is 1.15 bits per heavy atom. The maximum atomic E-state index is 12.8. The third-order valence-electron chi connectivity index (χ3n) is 5.07. The molecule has 1 aromatic rings. The number of aromatic amines is 1. The Hall–Kier alpha value is -1.36. The van der Waals surface area contributed by atoms with Crippen LogP contribution < -0.4 is 5.32 Å². The molecular formula is C15H22N4O. The first kappa shape index (κ1) is 12.4. The number of aromatic nitrogens is 2. The fraction of sp³-hybridized carbons (Fsp3) is 0.733. The summed E-state index contributed by atoms with van der Waals surface area (Å²) in [6.07, 6.45) is 7.98. The minimum Gasteiger partial charge on any atom is -0.336 e. The van der Waals surface area contributed by atoms with Gasteiger partial charge in [0.05, 0.1) is 0 Å². The summed E-state index contributed by atoms with van der Waals surface area (Å²) in [5.41, 5.74) is 3.06. The number of carbonyl (C=O) groups excluding carboxylic acids is 1. The van der Waals surface area contributed by atoms with E-state index >= 15 is 0 Å². The van der Waals surface area contributed by atoms with E-state index in [2.05, 4.69) is 15.5 Å². The Labute approximate surface area is 119 Å². The zero-order valence-corrected chi connectivity index (χ0v) is 11.8. The Bertz CT molecular complexity index is 524. The minimum absolute atomic E-state index is 0.138. The topological polar surface area (TPSA) is 61.0 Å². The highest BCUT2D eigenvalue weighted by Crippen LogP contribution is 2.25.